The number of hydrogen-bond donors (Lipinski definition) is 1. The molecule has 0 spiro atoms. The third-order valence-corrected chi connectivity index (χ3v) is 5.58. The molecule has 27 heavy (non-hydrogen) atoms. The Bertz CT molecular complexity index is 1220. The van der Waals surface area contributed by atoms with Gasteiger partial charge in [0.15, 0.2) is 5.65 Å². The van der Waals surface area contributed by atoms with Crippen LogP contribution in [-0.4, -0.2) is 55.4 Å². The SMILES string of the molecule is Cc1cn2nc(-c3cc(=O)n4nc(N5CCNCC5)sc4n3)cc(C)c2n1. The van der Waals surface area contributed by atoms with Crippen LogP contribution in [0.2, 0.25) is 0 Å². The van der Waals surface area contributed by atoms with Gasteiger partial charge in [0, 0.05) is 32.2 Å². The Morgan fingerprint density at radius 2 is 1.89 bits per heavy atom. The first-order valence-corrected chi connectivity index (χ1v) is 9.61. The van der Waals surface area contributed by atoms with Gasteiger partial charge in [0.1, 0.15) is 5.69 Å². The van der Waals surface area contributed by atoms with Crippen LogP contribution in [-0.2, 0) is 0 Å². The summed E-state index contributed by atoms with van der Waals surface area (Å²) in [6.07, 6.45) is 1.87. The molecule has 4 aromatic rings. The zero-order valence-corrected chi connectivity index (χ0v) is 15.8. The smallest absolute Gasteiger partial charge is 0.275 e. The number of rotatable bonds is 2. The highest BCUT2D eigenvalue weighted by atomic mass is 32.1. The van der Waals surface area contributed by atoms with Gasteiger partial charge in [-0.1, -0.05) is 11.3 Å². The zero-order chi connectivity index (χ0) is 18.5. The van der Waals surface area contributed by atoms with E-state index in [2.05, 4.69) is 30.4 Å². The number of nitrogens with zero attached hydrogens (tertiary/aromatic N) is 7. The number of imidazole rings is 1. The molecule has 1 fully saturated rings. The molecule has 9 nitrogen and oxygen atoms in total. The quantitative estimate of drug-likeness (QED) is 0.550. The molecule has 4 aromatic heterocycles. The van der Waals surface area contributed by atoms with Gasteiger partial charge < -0.3 is 10.2 Å². The van der Waals surface area contributed by atoms with Crippen molar-refractivity contribution < 1.29 is 0 Å². The summed E-state index contributed by atoms with van der Waals surface area (Å²) >= 11 is 1.43. The van der Waals surface area contributed by atoms with E-state index in [4.69, 9.17) is 0 Å². The van der Waals surface area contributed by atoms with Crippen LogP contribution in [0.3, 0.4) is 0 Å². The second-order valence-corrected chi connectivity index (χ2v) is 7.59. The van der Waals surface area contributed by atoms with E-state index in [9.17, 15) is 4.79 Å². The predicted molar refractivity (Wildman–Crippen MR) is 104 cm³/mol. The highest BCUT2D eigenvalue weighted by Crippen LogP contribution is 2.24. The molecule has 5 rings (SSSR count). The first-order valence-electron chi connectivity index (χ1n) is 8.79. The monoisotopic (exact) mass is 382 g/mol. The standard InChI is InChI=1S/C17H18N8OS/c1-10-7-13(21-24-9-11(2)19-15(10)24)12-8-14(26)25-16(20-12)27-17(22-25)23-5-3-18-4-6-23/h7-9,18H,3-6H2,1-2H3. The molecule has 1 N–H and O–H groups in total. The lowest BCUT2D eigenvalue weighted by Crippen LogP contribution is -2.43. The average molecular weight is 382 g/mol. The number of fused-ring (bicyclic) bond motifs is 2. The Hall–Kier alpha value is -2.85. The zero-order valence-electron chi connectivity index (χ0n) is 15.0. The highest BCUT2D eigenvalue weighted by Gasteiger charge is 2.18. The normalized spacial score (nSPS) is 15.1. The van der Waals surface area contributed by atoms with Gasteiger partial charge in [0.25, 0.3) is 5.56 Å². The number of piperazine rings is 1. The summed E-state index contributed by atoms with van der Waals surface area (Å²) in [5.41, 5.74) is 3.69. The summed E-state index contributed by atoms with van der Waals surface area (Å²) in [6, 6.07) is 3.41. The second-order valence-electron chi connectivity index (χ2n) is 6.66. The molecule has 0 amide bonds. The van der Waals surface area contributed by atoms with Crippen LogP contribution >= 0.6 is 11.3 Å². The number of nitrogens with one attached hydrogen (secondary N) is 1. The van der Waals surface area contributed by atoms with Crippen LogP contribution in [0.4, 0.5) is 5.13 Å². The molecule has 138 valence electrons. The fourth-order valence-electron chi connectivity index (χ4n) is 3.29. The largest absolute Gasteiger partial charge is 0.344 e. The highest BCUT2D eigenvalue weighted by molar-refractivity contribution is 7.20. The summed E-state index contributed by atoms with van der Waals surface area (Å²) in [4.78, 5) is 24.5. The Kier molecular flexibility index (Phi) is 3.69. The van der Waals surface area contributed by atoms with Crippen molar-refractivity contribution in [2.75, 3.05) is 31.1 Å². The van der Waals surface area contributed by atoms with E-state index in [0.717, 1.165) is 48.2 Å². The van der Waals surface area contributed by atoms with Crippen molar-refractivity contribution >= 4 is 27.1 Å². The first-order chi connectivity index (χ1) is 13.1. The van der Waals surface area contributed by atoms with Gasteiger partial charge in [0.2, 0.25) is 10.1 Å². The Morgan fingerprint density at radius 1 is 1.07 bits per heavy atom. The van der Waals surface area contributed by atoms with Gasteiger partial charge in [-0.05, 0) is 25.5 Å². The van der Waals surface area contributed by atoms with Crippen LogP contribution in [0.5, 0.6) is 0 Å². The van der Waals surface area contributed by atoms with E-state index < -0.39 is 0 Å². The molecule has 0 aliphatic carbocycles. The number of anilines is 1. The maximum absolute atomic E-state index is 12.6. The molecule has 0 atom stereocenters. The fourth-order valence-corrected chi connectivity index (χ4v) is 4.24. The van der Waals surface area contributed by atoms with E-state index in [0.29, 0.717) is 16.3 Å². The molecule has 1 aliphatic heterocycles. The van der Waals surface area contributed by atoms with Gasteiger partial charge in [-0.2, -0.15) is 9.61 Å². The number of hydrogen-bond acceptors (Lipinski definition) is 8. The summed E-state index contributed by atoms with van der Waals surface area (Å²) < 4.78 is 3.11. The molecular weight excluding hydrogens is 364 g/mol. The lowest BCUT2D eigenvalue weighted by Gasteiger charge is -2.26. The molecule has 0 bridgehead atoms. The topological polar surface area (TPSA) is 92.7 Å². The molecule has 1 saturated heterocycles. The van der Waals surface area contributed by atoms with Crippen molar-refractivity contribution in [1.29, 1.82) is 0 Å². The lowest BCUT2D eigenvalue weighted by molar-refractivity contribution is 0.585. The summed E-state index contributed by atoms with van der Waals surface area (Å²) in [5, 5.41) is 13.2. The van der Waals surface area contributed by atoms with Crippen molar-refractivity contribution in [3.8, 4) is 11.4 Å². The van der Waals surface area contributed by atoms with E-state index in [1.165, 1.54) is 21.9 Å². The van der Waals surface area contributed by atoms with Crippen molar-refractivity contribution in [2.24, 2.45) is 0 Å². The Balaban J connectivity index is 1.62. The second kappa shape index (κ2) is 6.10. The summed E-state index contributed by atoms with van der Waals surface area (Å²) in [6.45, 7) is 7.48. The van der Waals surface area contributed by atoms with E-state index in [-0.39, 0.29) is 5.56 Å². The van der Waals surface area contributed by atoms with E-state index in [1.807, 2.05) is 26.1 Å². The van der Waals surface area contributed by atoms with Crippen molar-refractivity contribution in [3.05, 3.63) is 39.9 Å². The minimum atomic E-state index is -0.200. The first kappa shape index (κ1) is 16.3. The van der Waals surface area contributed by atoms with Crippen molar-refractivity contribution in [3.63, 3.8) is 0 Å². The van der Waals surface area contributed by atoms with Crippen LogP contribution in [0, 0.1) is 13.8 Å². The van der Waals surface area contributed by atoms with Crippen LogP contribution in [0.1, 0.15) is 11.3 Å². The maximum Gasteiger partial charge on any atom is 0.275 e. The van der Waals surface area contributed by atoms with E-state index in [1.54, 1.807) is 4.52 Å². The average Bonchev–Trinajstić information content (AvgIpc) is 3.26. The van der Waals surface area contributed by atoms with Gasteiger partial charge in [-0.25, -0.2) is 14.5 Å². The molecule has 0 saturated carbocycles. The third-order valence-electron chi connectivity index (χ3n) is 4.61. The van der Waals surface area contributed by atoms with Gasteiger partial charge in [-0.3, -0.25) is 4.79 Å². The van der Waals surface area contributed by atoms with Crippen molar-refractivity contribution in [1.82, 2.24) is 34.5 Å². The van der Waals surface area contributed by atoms with Crippen LogP contribution in [0.25, 0.3) is 22.0 Å². The molecule has 0 radical (unpaired) electrons. The number of aryl methyl sites for hydroxylation is 2. The van der Waals surface area contributed by atoms with Gasteiger partial charge in [-0.15, -0.1) is 5.10 Å². The van der Waals surface area contributed by atoms with Gasteiger partial charge in [0.05, 0.1) is 17.6 Å². The Morgan fingerprint density at radius 3 is 2.70 bits per heavy atom. The third kappa shape index (κ3) is 2.77. The molecule has 0 unspecified atom stereocenters. The molecule has 0 aromatic carbocycles. The molecule has 1 aliphatic rings. The maximum atomic E-state index is 12.6. The van der Waals surface area contributed by atoms with Crippen LogP contribution in [0.15, 0.2) is 23.1 Å². The molecule has 10 heteroatoms. The molecular formula is C17H18N8OS. The van der Waals surface area contributed by atoms with Crippen molar-refractivity contribution in [2.45, 2.75) is 13.8 Å². The Labute approximate surface area is 158 Å². The number of aromatic nitrogens is 6. The minimum absolute atomic E-state index is 0.200. The lowest BCUT2D eigenvalue weighted by atomic mass is 10.2. The summed E-state index contributed by atoms with van der Waals surface area (Å²) in [5.74, 6) is 0. The van der Waals surface area contributed by atoms with Crippen LogP contribution < -0.4 is 15.8 Å². The van der Waals surface area contributed by atoms with E-state index >= 15 is 0 Å². The fraction of sp³-hybridized carbons (Fsp3) is 0.353. The van der Waals surface area contributed by atoms with Gasteiger partial charge >= 0.3 is 0 Å². The predicted octanol–water partition coefficient (Wildman–Crippen LogP) is 0.887. The summed E-state index contributed by atoms with van der Waals surface area (Å²) in [7, 11) is 0. The molecule has 5 heterocycles. The minimum Gasteiger partial charge on any atom is -0.344 e.